The minimum absolute atomic E-state index is 0.0790. The minimum atomic E-state index is -0.177. The molecule has 1 aromatic carbocycles. The van der Waals surface area contributed by atoms with Gasteiger partial charge in [-0.1, -0.05) is 23.2 Å². The van der Waals surface area contributed by atoms with E-state index in [0.717, 1.165) is 0 Å². The highest BCUT2D eigenvalue weighted by atomic mass is 35.5. The summed E-state index contributed by atoms with van der Waals surface area (Å²) in [6.07, 6.45) is 4.07. The molecule has 2 heterocycles. The van der Waals surface area contributed by atoms with Crippen molar-refractivity contribution in [3.05, 3.63) is 46.3 Å². The van der Waals surface area contributed by atoms with Crippen molar-refractivity contribution < 1.29 is 14.0 Å². The molecule has 2 aromatic rings. The number of amides is 2. The molecule has 6 nitrogen and oxygen atoms in total. The summed E-state index contributed by atoms with van der Waals surface area (Å²) in [5.74, 6) is -0.375. The first-order valence-corrected chi connectivity index (χ1v) is 8.58. The Labute approximate surface area is 154 Å². The molecule has 0 unspecified atom stereocenters. The average molecular weight is 382 g/mol. The normalized spacial score (nSPS) is 15.2. The first-order valence-electron chi connectivity index (χ1n) is 7.82. The Morgan fingerprint density at radius 3 is 2.40 bits per heavy atom. The molecule has 3 N–H and O–H groups in total. The summed E-state index contributed by atoms with van der Waals surface area (Å²) in [5, 5.41) is 3.40. The molecular weight excluding hydrogens is 365 g/mol. The lowest BCUT2D eigenvalue weighted by Crippen LogP contribution is -2.41. The van der Waals surface area contributed by atoms with E-state index in [2.05, 4.69) is 5.32 Å². The number of anilines is 2. The van der Waals surface area contributed by atoms with Crippen LogP contribution in [0.4, 0.5) is 11.4 Å². The number of nitrogens with zero attached hydrogens (tertiary/aromatic N) is 1. The highest BCUT2D eigenvalue weighted by Gasteiger charge is 2.28. The molecule has 1 fully saturated rings. The Morgan fingerprint density at radius 1 is 1.20 bits per heavy atom. The van der Waals surface area contributed by atoms with Gasteiger partial charge in [0.15, 0.2) is 0 Å². The number of nitrogens with one attached hydrogen (secondary N) is 1. The standard InChI is InChI=1S/C17H17Cl2N3O3/c18-13-7-12(8-14(19)15(13)20)21-16(23)10-1-4-22(5-2-10)17(24)11-3-6-25-9-11/h3,6-10H,1-2,4-5,20H2,(H,21,23). The molecule has 0 saturated carbocycles. The summed E-state index contributed by atoms with van der Waals surface area (Å²) < 4.78 is 4.94. The lowest BCUT2D eigenvalue weighted by molar-refractivity contribution is -0.121. The van der Waals surface area contributed by atoms with Gasteiger partial charge in [-0.25, -0.2) is 0 Å². The first kappa shape index (κ1) is 17.6. The van der Waals surface area contributed by atoms with Crippen LogP contribution in [0, 0.1) is 5.92 Å². The van der Waals surface area contributed by atoms with Gasteiger partial charge in [-0.15, -0.1) is 0 Å². The zero-order valence-corrected chi connectivity index (χ0v) is 14.8. The molecule has 3 rings (SSSR count). The number of benzene rings is 1. The van der Waals surface area contributed by atoms with Gasteiger partial charge < -0.3 is 20.4 Å². The maximum atomic E-state index is 12.4. The monoisotopic (exact) mass is 381 g/mol. The molecule has 0 radical (unpaired) electrons. The minimum Gasteiger partial charge on any atom is -0.472 e. The van der Waals surface area contributed by atoms with Crippen LogP contribution >= 0.6 is 23.2 Å². The Hall–Kier alpha value is -2.18. The SMILES string of the molecule is Nc1c(Cl)cc(NC(=O)C2CCN(C(=O)c3ccoc3)CC2)cc1Cl. The summed E-state index contributed by atoms with van der Waals surface area (Å²) >= 11 is 12.0. The van der Waals surface area contributed by atoms with Crippen LogP contribution in [-0.2, 0) is 4.79 Å². The molecule has 2 amide bonds. The van der Waals surface area contributed by atoms with E-state index < -0.39 is 0 Å². The van der Waals surface area contributed by atoms with Gasteiger partial charge in [0.2, 0.25) is 5.91 Å². The number of likely N-dealkylation sites (tertiary alicyclic amines) is 1. The molecule has 1 aliphatic heterocycles. The van der Waals surface area contributed by atoms with Gasteiger partial charge in [-0.3, -0.25) is 9.59 Å². The zero-order chi connectivity index (χ0) is 18.0. The number of nitrogens with two attached hydrogens (primary N) is 1. The van der Waals surface area contributed by atoms with Crippen molar-refractivity contribution >= 4 is 46.4 Å². The van der Waals surface area contributed by atoms with Crippen molar-refractivity contribution in [2.75, 3.05) is 24.1 Å². The molecule has 8 heteroatoms. The summed E-state index contributed by atoms with van der Waals surface area (Å²) in [4.78, 5) is 26.4. The predicted molar refractivity (Wildman–Crippen MR) is 96.8 cm³/mol. The van der Waals surface area contributed by atoms with Crippen LogP contribution in [-0.4, -0.2) is 29.8 Å². The molecule has 25 heavy (non-hydrogen) atoms. The number of rotatable bonds is 3. The molecule has 1 aliphatic rings. The second-order valence-corrected chi connectivity index (χ2v) is 6.74. The quantitative estimate of drug-likeness (QED) is 0.793. The summed E-state index contributed by atoms with van der Waals surface area (Å²) in [6, 6.07) is 4.77. The van der Waals surface area contributed by atoms with E-state index in [4.69, 9.17) is 33.4 Å². The van der Waals surface area contributed by atoms with Crippen LogP contribution in [0.5, 0.6) is 0 Å². The van der Waals surface area contributed by atoms with Gasteiger partial charge in [-0.05, 0) is 31.0 Å². The fourth-order valence-electron chi connectivity index (χ4n) is 2.81. The van der Waals surface area contributed by atoms with E-state index in [1.807, 2.05) is 0 Å². The number of carbonyl (C=O) groups excluding carboxylic acids is 2. The number of carbonyl (C=O) groups is 2. The van der Waals surface area contributed by atoms with E-state index in [0.29, 0.717) is 47.2 Å². The topological polar surface area (TPSA) is 88.6 Å². The van der Waals surface area contributed by atoms with E-state index in [1.165, 1.54) is 12.5 Å². The van der Waals surface area contributed by atoms with Crippen molar-refractivity contribution in [2.24, 2.45) is 5.92 Å². The Bertz CT molecular complexity index is 761. The summed E-state index contributed by atoms with van der Waals surface area (Å²) in [5.41, 5.74) is 7.00. The van der Waals surface area contributed by atoms with Crippen LogP contribution in [0.3, 0.4) is 0 Å². The highest BCUT2D eigenvalue weighted by Crippen LogP contribution is 2.31. The van der Waals surface area contributed by atoms with Crippen molar-refractivity contribution in [3.8, 4) is 0 Å². The average Bonchev–Trinajstić information content (AvgIpc) is 3.13. The predicted octanol–water partition coefficient (Wildman–Crippen LogP) is 3.66. The lowest BCUT2D eigenvalue weighted by atomic mass is 9.95. The molecular formula is C17H17Cl2N3O3. The molecule has 1 aromatic heterocycles. The molecule has 0 spiro atoms. The third-order valence-corrected chi connectivity index (χ3v) is 4.89. The number of piperidine rings is 1. The van der Waals surface area contributed by atoms with Crippen molar-refractivity contribution in [1.82, 2.24) is 4.90 Å². The molecule has 0 atom stereocenters. The number of halogens is 2. The van der Waals surface area contributed by atoms with Crippen molar-refractivity contribution in [2.45, 2.75) is 12.8 Å². The zero-order valence-electron chi connectivity index (χ0n) is 13.3. The summed E-state index contributed by atoms with van der Waals surface area (Å²) in [7, 11) is 0. The largest absolute Gasteiger partial charge is 0.472 e. The van der Waals surface area contributed by atoms with Crippen LogP contribution in [0.15, 0.2) is 35.1 Å². The van der Waals surface area contributed by atoms with Crippen molar-refractivity contribution in [3.63, 3.8) is 0 Å². The fourth-order valence-corrected chi connectivity index (χ4v) is 3.30. The molecule has 1 saturated heterocycles. The first-order chi connectivity index (χ1) is 12.0. The van der Waals surface area contributed by atoms with Crippen LogP contribution < -0.4 is 11.1 Å². The van der Waals surface area contributed by atoms with E-state index in [-0.39, 0.29) is 23.4 Å². The van der Waals surface area contributed by atoms with Gasteiger partial charge >= 0.3 is 0 Å². The number of nitrogen functional groups attached to an aromatic ring is 1. The number of furan rings is 1. The second-order valence-electron chi connectivity index (χ2n) is 5.92. The van der Waals surface area contributed by atoms with E-state index >= 15 is 0 Å². The van der Waals surface area contributed by atoms with E-state index in [9.17, 15) is 9.59 Å². The molecule has 132 valence electrons. The van der Waals surface area contributed by atoms with Crippen LogP contribution in [0.2, 0.25) is 10.0 Å². The van der Waals surface area contributed by atoms with Crippen molar-refractivity contribution in [1.29, 1.82) is 0 Å². The maximum Gasteiger partial charge on any atom is 0.257 e. The molecule has 0 aliphatic carbocycles. The summed E-state index contributed by atoms with van der Waals surface area (Å²) in [6.45, 7) is 1.04. The number of hydrogen-bond donors (Lipinski definition) is 2. The third-order valence-electron chi connectivity index (χ3n) is 4.27. The Balaban J connectivity index is 1.58. The van der Waals surface area contributed by atoms with Crippen LogP contribution in [0.1, 0.15) is 23.2 Å². The van der Waals surface area contributed by atoms with Gasteiger partial charge in [0.05, 0.1) is 27.6 Å². The Kier molecular flexibility index (Phi) is 5.20. The van der Waals surface area contributed by atoms with E-state index in [1.54, 1.807) is 23.1 Å². The smallest absolute Gasteiger partial charge is 0.257 e. The second kappa shape index (κ2) is 7.37. The lowest BCUT2D eigenvalue weighted by Gasteiger charge is -2.31. The fraction of sp³-hybridized carbons (Fsp3) is 0.294. The maximum absolute atomic E-state index is 12.4. The van der Waals surface area contributed by atoms with Crippen LogP contribution in [0.25, 0.3) is 0 Å². The van der Waals surface area contributed by atoms with Gasteiger partial charge in [-0.2, -0.15) is 0 Å². The molecule has 0 bridgehead atoms. The van der Waals surface area contributed by atoms with Gasteiger partial charge in [0.1, 0.15) is 6.26 Å². The highest BCUT2D eigenvalue weighted by molar-refractivity contribution is 6.39. The van der Waals surface area contributed by atoms with Gasteiger partial charge in [0.25, 0.3) is 5.91 Å². The third kappa shape index (κ3) is 3.91. The Morgan fingerprint density at radius 2 is 1.84 bits per heavy atom. The van der Waals surface area contributed by atoms with Gasteiger partial charge in [0, 0.05) is 24.7 Å². The number of hydrogen-bond acceptors (Lipinski definition) is 4.